The van der Waals surface area contributed by atoms with Crippen LogP contribution in [0.3, 0.4) is 0 Å². The van der Waals surface area contributed by atoms with Crippen LogP contribution in [0, 0.1) is 0 Å². The molecule has 2 heterocycles. The molecule has 4 rings (SSSR count). The molecule has 0 bridgehead atoms. The Hall–Kier alpha value is -2.37. The molecule has 0 aliphatic carbocycles. The summed E-state index contributed by atoms with van der Waals surface area (Å²) in [5, 5.41) is 3.14. The van der Waals surface area contributed by atoms with Gasteiger partial charge in [0, 0.05) is 12.0 Å². The van der Waals surface area contributed by atoms with Gasteiger partial charge in [0.2, 0.25) is 0 Å². The lowest BCUT2D eigenvalue weighted by molar-refractivity contribution is -1.02. The molecule has 1 fully saturated rings. The Morgan fingerprint density at radius 3 is 2.61 bits per heavy atom. The van der Waals surface area contributed by atoms with Crippen LogP contribution in [0.1, 0.15) is 29.7 Å². The highest BCUT2D eigenvalue weighted by molar-refractivity contribution is 5.77. The molecule has 3 N–H and O–H groups in total. The number of hydrogen-bond acceptors (Lipinski definition) is 2. The minimum Gasteiger partial charge on any atom is -0.493 e. The average molecular weight is 382 g/mol. The van der Waals surface area contributed by atoms with Gasteiger partial charge in [0.1, 0.15) is 38.5 Å². The Morgan fingerprint density at radius 2 is 1.82 bits per heavy atom. The zero-order valence-corrected chi connectivity index (χ0v) is 16.7. The van der Waals surface area contributed by atoms with Gasteiger partial charge in [-0.05, 0) is 36.2 Å². The number of hydrogen-bond donors (Lipinski definition) is 3. The number of carbonyl (C=O) groups excluding carboxylic acids is 1. The zero-order valence-electron chi connectivity index (χ0n) is 16.7. The van der Waals surface area contributed by atoms with Crippen LogP contribution in [0.4, 0.5) is 0 Å². The molecule has 2 aliphatic rings. The molecule has 0 aromatic heterocycles. The number of fused-ring (bicyclic) bond motifs is 1. The molecule has 0 spiro atoms. The molecule has 2 aliphatic heterocycles. The van der Waals surface area contributed by atoms with Crippen LogP contribution in [0.25, 0.3) is 0 Å². The third kappa shape index (κ3) is 4.72. The van der Waals surface area contributed by atoms with Crippen LogP contribution in [-0.4, -0.2) is 45.2 Å². The first kappa shape index (κ1) is 19.0. The number of ether oxygens (including phenoxy) is 1. The first-order valence-electron chi connectivity index (χ1n) is 10.4. The van der Waals surface area contributed by atoms with Gasteiger partial charge >= 0.3 is 0 Å². The van der Waals surface area contributed by atoms with Crippen LogP contribution >= 0.6 is 0 Å². The molecule has 1 atom stereocenters. The van der Waals surface area contributed by atoms with Gasteiger partial charge in [-0.25, -0.2) is 0 Å². The minimum absolute atomic E-state index is 0.0591. The fourth-order valence-electron chi connectivity index (χ4n) is 4.29. The summed E-state index contributed by atoms with van der Waals surface area (Å²) in [7, 11) is 0. The van der Waals surface area contributed by atoms with Gasteiger partial charge in [0.15, 0.2) is 6.54 Å². The lowest BCUT2D eigenvalue weighted by Crippen LogP contribution is -3.28. The van der Waals surface area contributed by atoms with E-state index in [-0.39, 0.29) is 11.9 Å². The summed E-state index contributed by atoms with van der Waals surface area (Å²) in [6.07, 6.45) is 1.03. The Labute approximate surface area is 167 Å². The Bertz CT molecular complexity index is 801. The van der Waals surface area contributed by atoms with E-state index in [1.807, 2.05) is 25.1 Å². The highest BCUT2D eigenvalue weighted by atomic mass is 16.5. The molecule has 1 amide bonds. The number of quaternary nitrogens is 2. The van der Waals surface area contributed by atoms with Crippen molar-refractivity contribution in [3.05, 3.63) is 65.2 Å². The predicted octanol–water partition coefficient (Wildman–Crippen LogP) is -0.218. The van der Waals surface area contributed by atoms with E-state index in [1.54, 1.807) is 4.90 Å². The van der Waals surface area contributed by atoms with Gasteiger partial charge in [-0.1, -0.05) is 30.3 Å². The van der Waals surface area contributed by atoms with E-state index in [1.165, 1.54) is 16.0 Å². The summed E-state index contributed by atoms with van der Waals surface area (Å²) < 4.78 is 5.60. The van der Waals surface area contributed by atoms with Crippen molar-refractivity contribution in [3.63, 3.8) is 0 Å². The standard InChI is InChI=1S/C23H29N3O2/c1-18(20-5-3-2-4-6-20)24-23(27)17-26-12-10-25(11-13-26)16-19-7-8-22-21(15-19)9-14-28-22/h2-8,15,18H,9-14,16-17H2,1H3,(H,24,27)/p+2/t18-/m1/s1. The van der Waals surface area contributed by atoms with E-state index in [0.29, 0.717) is 6.54 Å². The molecule has 0 unspecified atom stereocenters. The van der Waals surface area contributed by atoms with Gasteiger partial charge in [-0.15, -0.1) is 0 Å². The van der Waals surface area contributed by atoms with Crippen molar-refractivity contribution < 1.29 is 19.3 Å². The second-order valence-corrected chi connectivity index (χ2v) is 8.09. The summed E-state index contributed by atoms with van der Waals surface area (Å²) in [6, 6.07) is 16.8. The van der Waals surface area contributed by atoms with Crippen LogP contribution in [0.15, 0.2) is 48.5 Å². The van der Waals surface area contributed by atoms with E-state index in [9.17, 15) is 4.79 Å². The number of benzene rings is 2. The van der Waals surface area contributed by atoms with Crippen LogP contribution in [-0.2, 0) is 17.8 Å². The maximum Gasteiger partial charge on any atom is 0.275 e. The molecular formula is C23H31N3O2+2. The molecule has 5 nitrogen and oxygen atoms in total. The normalized spacial score (nSPS) is 22.2. The lowest BCUT2D eigenvalue weighted by atomic mass is 10.1. The SMILES string of the molecule is C[C@@H](NC(=O)C[NH+]1CC[NH+](Cc2ccc3c(c2)CCO3)CC1)c1ccccc1. The van der Waals surface area contributed by atoms with Crippen molar-refractivity contribution in [3.8, 4) is 5.75 Å². The van der Waals surface area contributed by atoms with Crippen molar-refractivity contribution in [2.45, 2.75) is 25.9 Å². The van der Waals surface area contributed by atoms with Crippen molar-refractivity contribution in [1.82, 2.24) is 5.32 Å². The van der Waals surface area contributed by atoms with Gasteiger partial charge < -0.3 is 19.9 Å². The third-order valence-corrected chi connectivity index (χ3v) is 5.96. The molecule has 5 heteroatoms. The van der Waals surface area contributed by atoms with Crippen LogP contribution < -0.4 is 19.9 Å². The van der Waals surface area contributed by atoms with Gasteiger partial charge in [0.05, 0.1) is 12.6 Å². The quantitative estimate of drug-likeness (QED) is 0.648. The zero-order chi connectivity index (χ0) is 19.3. The topological polar surface area (TPSA) is 47.2 Å². The highest BCUT2D eigenvalue weighted by Crippen LogP contribution is 2.25. The molecule has 1 saturated heterocycles. The summed E-state index contributed by atoms with van der Waals surface area (Å²) in [4.78, 5) is 15.4. The van der Waals surface area contributed by atoms with Crippen LogP contribution in [0.5, 0.6) is 5.75 Å². The smallest absolute Gasteiger partial charge is 0.275 e. The van der Waals surface area contributed by atoms with E-state index in [0.717, 1.165) is 57.1 Å². The summed E-state index contributed by atoms with van der Waals surface area (Å²) in [6.45, 7) is 8.84. The van der Waals surface area contributed by atoms with E-state index in [2.05, 4.69) is 35.6 Å². The Kier molecular flexibility index (Phi) is 5.93. The van der Waals surface area contributed by atoms with Crippen molar-refractivity contribution in [2.75, 3.05) is 39.3 Å². The molecular weight excluding hydrogens is 350 g/mol. The number of piperazine rings is 1. The number of amides is 1. The fourth-order valence-corrected chi connectivity index (χ4v) is 4.29. The monoisotopic (exact) mass is 381 g/mol. The number of nitrogens with one attached hydrogen (secondary N) is 3. The molecule has 0 saturated carbocycles. The molecule has 0 radical (unpaired) electrons. The van der Waals surface area contributed by atoms with Gasteiger partial charge in [0.25, 0.3) is 5.91 Å². The maximum absolute atomic E-state index is 12.4. The number of rotatable bonds is 6. The summed E-state index contributed by atoms with van der Waals surface area (Å²) >= 11 is 0. The van der Waals surface area contributed by atoms with Crippen molar-refractivity contribution in [1.29, 1.82) is 0 Å². The second-order valence-electron chi connectivity index (χ2n) is 8.09. The highest BCUT2D eigenvalue weighted by Gasteiger charge is 2.25. The van der Waals surface area contributed by atoms with Crippen LogP contribution in [0.2, 0.25) is 0 Å². The summed E-state index contributed by atoms with van der Waals surface area (Å²) in [5.74, 6) is 1.21. The predicted molar refractivity (Wildman–Crippen MR) is 109 cm³/mol. The van der Waals surface area contributed by atoms with Gasteiger partial charge in [-0.2, -0.15) is 0 Å². The fraction of sp³-hybridized carbons (Fsp3) is 0.435. The van der Waals surface area contributed by atoms with E-state index < -0.39 is 0 Å². The van der Waals surface area contributed by atoms with Crippen molar-refractivity contribution >= 4 is 5.91 Å². The Morgan fingerprint density at radius 1 is 1.07 bits per heavy atom. The minimum atomic E-state index is 0.0591. The number of carbonyl (C=O) groups is 1. The molecule has 148 valence electrons. The first-order valence-corrected chi connectivity index (χ1v) is 10.4. The first-order chi connectivity index (χ1) is 13.7. The average Bonchev–Trinajstić information content (AvgIpc) is 3.18. The Balaban J connectivity index is 1.21. The molecule has 2 aromatic rings. The van der Waals surface area contributed by atoms with Crippen molar-refractivity contribution in [2.24, 2.45) is 0 Å². The molecule has 28 heavy (non-hydrogen) atoms. The van der Waals surface area contributed by atoms with E-state index in [4.69, 9.17) is 4.74 Å². The third-order valence-electron chi connectivity index (χ3n) is 5.96. The second kappa shape index (κ2) is 8.76. The summed E-state index contributed by atoms with van der Waals surface area (Å²) in [5.41, 5.74) is 3.90. The van der Waals surface area contributed by atoms with E-state index >= 15 is 0 Å². The maximum atomic E-state index is 12.4. The van der Waals surface area contributed by atoms with Gasteiger partial charge in [-0.3, -0.25) is 4.79 Å². The lowest BCUT2D eigenvalue weighted by Gasteiger charge is -2.29. The largest absolute Gasteiger partial charge is 0.493 e. The molecule has 2 aromatic carbocycles.